The Morgan fingerprint density at radius 2 is 1.22 bits per heavy atom. The molecule has 6 nitrogen and oxygen atoms in total. The van der Waals surface area contributed by atoms with Gasteiger partial charge in [0.05, 0.1) is 40.6 Å². The summed E-state index contributed by atoms with van der Waals surface area (Å²) >= 11 is 0. The smallest absolute Gasteiger partial charge is 0.108 e. The number of nitrogens with zero attached hydrogens (tertiary/aromatic N) is 4. The van der Waals surface area contributed by atoms with Gasteiger partial charge in [0.25, 0.3) is 0 Å². The Hall–Kier alpha value is -1.08. The predicted octanol–water partition coefficient (Wildman–Crippen LogP) is 0.0408. The monoisotopic (exact) mass is 252 g/mol. The van der Waals surface area contributed by atoms with Crippen LogP contribution in [0.1, 0.15) is 0 Å². The topological polar surface area (TPSA) is 31.4 Å². The first kappa shape index (κ1) is 12.0. The first-order valence-corrected chi connectivity index (χ1v) is 6.26. The van der Waals surface area contributed by atoms with E-state index in [4.69, 9.17) is 9.47 Å². The molecule has 0 radical (unpaired) electrons. The maximum absolute atomic E-state index is 5.34. The Kier molecular flexibility index (Phi) is 3.25. The van der Waals surface area contributed by atoms with Gasteiger partial charge in [0.15, 0.2) is 0 Å². The van der Waals surface area contributed by atoms with E-state index in [1.54, 1.807) is 14.2 Å². The number of rotatable bonds is 2. The quantitative estimate of drug-likeness (QED) is 0.690. The zero-order chi connectivity index (χ0) is 12.5. The number of methoxy groups -OCH3 is 2. The fourth-order valence-electron chi connectivity index (χ4n) is 2.58. The molecule has 0 unspecified atom stereocenters. The van der Waals surface area contributed by atoms with Crippen LogP contribution in [0, 0.1) is 0 Å². The van der Waals surface area contributed by atoms with Gasteiger partial charge >= 0.3 is 0 Å². The lowest BCUT2D eigenvalue weighted by molar-refractivity contribution is -0.221. The van der Waals surface area contributed by atoms with Crippen LogP contribution in [0.15, 0.2) is 23.7 Å². The van der Waals surface area contributed by atoms with Crippen LogP contribution in [0.25, 0.3) is 0 Å². The molecular formula is C12H20N4O2. The van der Waals surface area contributed by atoms with E-state index in [1.807, 2.05) is 0 Å². The van der Waals surface area contributed by atoms with E-state index in [9.17, 15) is 0 Å². The zero-order valence-corrected chi connectivity index (χ0v) is 11.0. The van der Waals surface area contributed by atoms with Crippen LogP contribution in [0.4, 0.5) is 0 Å². The van der Waals surface area contributed by atoms with Crippen LogP contribution in [-0.4, -0.2) is 73.8 Å². The minimum absolute atomic E-state index is 0.854. The first-order valence-electron chi connectivity index (χ1n) is 6.26. The summed E-state index contributed by atoms with van der Waals surface area (Å²) < 4.78 is 10.7. The molecule has 0 saturated carbocycles. The molecular weight excluding hydrogens is 232 g/mol. The summed E-state index contributed by atoms with van der Waals surface area (Å²) in [5, 5.41) is 9.36. The molecule has 1 saturated heterocycles. The molecule has 100 valence electrons. The number of fused-ring (bicyclic) bond motifs is 2. The average molecular weight is 252 g/mol. The van der Waals surface area contributed by atoms with E-state index in [1.165, 1.54) is 0 Å². The van der Waals surface area contributed by atoms with Crippen molar-refractivity contribution in [3.63, 3.8) is 0 Å². The maximum Gasteiger partial charge on any atom is 0.108 e. The van der Waals surface area contributed by atoms with Gasteiger partial charge < -0.3 is 9.47 Å². The molecule has 18 heavy (non-hydrogen) atoms. The van der Waals surface area contributed by atoms with Gasteiger partial charge in [-0.25, -0.2) is 20.0 Å². The van der Waals surface area contributed by atoms with E-state index >= 15 is 0 Å². The number of hydrazine groups is 2. The molecule has 0 aromatic heterocycles. The highest BCUT2D eigenvalue weighted by molar-refractivity contribution is 5.04. The summed E-state index contributed by atoms with van der Waals surface area (Å²) in [5.41, 5.74) is 0. The third kappa shape index (κ3) is 2.12. The molecule has 0 aromatic rings. The summed E-state index contributed by atoms with van der Waals surface area (Å²) in [6.07, 6.45) is 4.32. The Bertz CT molecular complexity index is 348. The van der Waals surface area contributed by atoms with Crippen LogP contribution >= 0.6 is 0 Å². The molecule has 3 aliphatic rings. The van der Waals surface area contributed by atoms with E-state index in [2.05, 4.69) is 32.2 Å². The molecule has 3 rings (SSSR count). The summed E-state index contributed by atoms with van der Waals surface area (Å²) in [6.45, 7) is 5.38. The van der Waals surface area contributed by atoms with Gasteiger partial charge in [-0.3, -0.25) is 0 Å². The SMILES string of the molecule is COC1=CCN2CN3CC=C(OC)CN3CN2C1. The normalized spacial score (nSPS) is 27.0. The molecule has 0 aliphatic carbocycles. The Balaban J connectivity index is 1.70. The summed E-state index contributed by atoms with van der Waals surface area (Å²) in [7, 11) is 3.48. The minimum Gasteiger partial charge on any atom is -0.500 e. The van der Waals surface area contributed by atoms with Crippen molar-refractivity contribution in [2.75, 3.05) is 53.7 Å². The fourth-order valence-corrected chi connectivity index (χ4v) is 2.58. The van der Waals surface area contributed by atoms with Crippen LogP contribution in [0.5, 0.6) is 0 Å². The lowest BCUT2D eigenvalue weighted by atomic mass is 10.3. The summed E-state index contributed by atoms with van der Waals surface area (Å²) in [6, 6.07) is 0. The first-order chi connectivity index (χ1) is 8.80. The van der Waals surface area contributed by atoms with Crippen molar-refractivity contribution in [2.45, 2.75) is 0 Å². The van der Waals surface area contributed by atoms with E-state index in [0.717, 1.165) is 51.0 Å². The Morgan fingerprint density at radius 3 is 1.67 bits per heavy atom. The highest BCUT2D eigenvalue weighted by atomic mass is 16.5. The average Bonchev–Trinajstić information content (AvgIpc) is 2.43. The molecule has 3 heterocycles. The van der Waals surface area contributed by atoms with Crippen molar-refractivity contribution in [1.82, 2.24) is 20.0 Å². The van der Waals surface area contributed by atoms with E-state index in [0.29, 0.717) is 0 Å². The third-order valence-corrected chi connectivity index (χ3v) is 3.71. The van der Waals surface area contributed by atoms with Crippen molar-refractivity contribution in [1.29, 1.82) is 0 Å². The van der Waals surface area contributed by atoms with Crippen molar-refractivity contribution in [3.8, 4) is 0 Å². The molecule has 0 atom stereocenters. The van der Waals surface area contributed by atoms with Gasteiger partial charge in [0.2, 0.25) is 0 Å². The van der Waals surface area contributed by atoms with Crippen molar-refractivity contribution >= 4 is 0 Å². The molecule has 0 aromatic carbocycles. The third-order valence-electron chi connectivity index (χ3n) is 3.71. The molecule has 3 aliphatic heterocycles. The molecule has 0 N–H and O–H groups in total. The number of hydrogen-bond donors (Lipinski definition) is 0. The highest BCUT2D eigenvalue weighted by Crippen LogP contribution is 2.22. The zero-order valence-electron chi connectivity index (χ0n) is 11.0. The van der Waals surface area contributed by atoms with Crippen LogP contribution in [0.3, 0.4) is 0 Å². The van der Waals surface area contributed by atoms with Crippen molar-refractivity contribution in [3.05, 3.63) is 23.7 Å². The molecule has 6 heteroatoms. The van der Waals surface area contributed by atoms with Crippen molar-refractivity contribution < 1.29 is 9.47 Å². The van der Waals surface area contributed by atoms with Crippen LogP contribution in [0.2, 0.25) is 0 Å². The molecule has 1 fully saturated rings. The van der Waals surface area contributed by atoms with Gasteiger partial charge in [0, 0.05) is 13.1 Å². The van der Waals surface area contributed by atoms with E-state index < -0.39 is 0 Å². The Morgan fingerprint density at radius 1 is 0.778 bits per heavy atom. The summed E-state index contributed by atoms with van der Waals surface area (Å²) in [4.78, 5) is 0. The van der Waals surface area contributed by atoms with Gasteiger partial charge in [-0.2, -0.15) is 0 Å². The lowest BCUT2D eigenvalue weighted by Gasteiger charge is -2.51. The molecule has 0 bridgehead atoms. The maximum atomic E-state index is 5.34. The van der Waals surface area contributed by atoms with Crippen LogP contribution in [-0.2, 0) is 9.47 Å². The van der Waals surface area contributed by atoms with Gasteiger partial charge in [-0.1, -0.05) is 0 Å². The second-order valence-electron chi connectivity index (χ2n) is 4.74. The van der Waals surface area contributed by atoms with Crippen LogP contribution < -0.4 is 0 Å². The number of hydrogen-bond acceptors (Lipinski definition) is 6. The lowest BCUT2D eigenvalue weighted by Crippen LogP contribution is -2.66. The van der Waals surface area contributed by atoms with Crippen molar-refractivity contribution in [2.24, 2.45) is 0 Å². The van der Waals surface area contributed by atoms with E-state index in [-0.39, 0.29) is 0 Å². The van der Waals surface area contributed by atoms with Gasteiger partial charge in [0.1, 0.15) is 11.5 Å². The molecule has 0 spiro atoms. The highest BCUT2D eigenvalue weighted by Gasteiger charge is 2.34. The minimum atomic E-state index is 0.854. The largest absolute Gasteiger partial charge is 0.500 e. The van der Waals surface area contributed by atoms with Gasteiger partial charge in [-0.05, 0) is 12.2 Å². The Labute approximate surface area is 108 Å². The van der Waals surface area contributed by atoms with Gasteiger partial charge in [-0.15, -0.1) is 0 Å². The summed E-state index contributed by atoms with van der Waals surface area (Å²) in [5.74, 6) is 2.11. The number of ether oxygens (including phenoxy) is 2. The second-order valence-corrected chi connectivity index (χ2v) is 4.74. The standard InChI is InChI=1S/C12H20N4O2/c1-17-11-3-5-13-9-14-6-4-12(18-2)8-16(14)10-15(13)7-11/h3-4H,5-10H2,1-2H3. The fraction of sp³-hybridized carbons (Fsp3) is 0.667. The second kappa shape index (κ2) is 4.89. The molecule has 0 amide bonds. The predicted molar refractivity (Wildman–Crippen MR) is 66.7 cm³/mol.